The number of rotatable bonds is 12. The van der Waals surface area contributed by atoms with Gasteiger partial charge in [0.1, 0.15) is 0 Å². The first kappa shape index (κ1) is 35.8. The number of ether oxygens (including phenoxy) is 1. The van der Waals surface area contributed by atoms with Crippen molar-refractivity contribution >= 4 is 5.97 Å². The summed E-state index contributed by atoms with van der Waals surface area (Å²) >= 11 is 0. The fourth-order valence-corrected chi connectivity index (χ4v) is 2.18. The van der Waals surface area contributed by atoms with Crippen molar-refractivity contribution in [2.45, 2.75) is 72.6 Å². The van der Waals surface area contributed by atoms with Gasteiger partial charge in [-0.05, 0) is 6.92 Å². The van der Waals surface area contributed by atoms with Gasteiger partial charge in [0.15, 0.2) is 0 Å². The quantitative estimate of drug-likeness (QED) is 0.130. The van der Waals surface area contributed by atoms with Crippen molar-refractivity contribution in [2.75, 3.05) is 6.61 Å². The molecule has 0 aromatic heterocycles. The molecule has 2 nitrogen and oxygen atoms in total. The summed E-state index contributed by atoms with van der Waals surface area (Å²) in [6.07, 6.45) is -10.2. The number of halogens is 20. The highest BCUT2D eigenvalue weighted by Gasteiger charge is 2.96. The van der Waals surface area contributed by atoms with E-state index in [1.807, 2.05) is 0 Å². The van der Waals surface area contributed by atoms with Crippen LogP contribution in [-0.2, 0) is 9.53 Å². The summed E-state index contributed by atoms with van der Waals surface area (Å²) in [4.78, 5) is 10.6. The molecule has 0 aliphatic rings. The molecule has 0 amide bonds. The first-order chi connectivity index (χ1) is 16.2. The van der Waals surface area contributed by atoms with Crippen LogP contribution in [0.15, 0.2) is 12.7 Å². The molecule has 0 fully saturated rings. The highest BCUT2D eigenvalue weighted by Crippen LogP contribution is 2.66. The number of carbonyl (C=O) groups is 1. The van der Waals surface area contributed by atoms with Gasteiger partial charge in [0.05, 0.1) is 13.0 Å². The highest BCUT2D eigenvalue weighted by atomic mass is 19.4. The van der Waals surface area contributed by atoms with Gasteiger partial charge in [-0.25, -0.2) is 9.18 Å². The molecule has 1 atom stereocenters. The average molecular weight is 614 g/mol. The van der Waals surface area contributed by atoms with E-state index in [2.05, 4.69) is 11.3 Å². The van der Waals surface area contributed by atoms with Crippen LogP contribution in [0.25, 0.3) is 0 Å². The lowest BCUT2D eigenvalue weighted by Crippen LogP contribution is -2.77. The summed E-state index contributed by atoms with van der Waals surface area (Å²) in [6.45, 7) is -1.16. The Kier molecular flexibility index (Phi) is 8.93. The molecule has 0 aromatic carbocycles. The third-order valence-corrected chi connectivity index (χ3v) is 4.77. The van der Waals surface area contributed by atoms with Gasteiger partial charge in [-0.2, -0.15) is 83.4 Å². The summed E-state index contributed by atoms with van der Waals surface area (Å²) in [5.74, 6) is -68.9. The first-order valence-electron chi connectivity index (χ1n) is 8.78. The Bertz CT molecular complexity index is 884. The molecule has 0 aliphatic carbocycles. The van der Waals surface area contributed by atoms with E-state index in [1.165, 1.54) is 0 Å². The smallest absolute Gasteiger partial charge is 0.428 e. The zero-order valence-electron chi connectivity index (χ0n) is 17.6. The third kappa shape index (κ3) is 4.72. The molecule has 1 unspecified atom stereocenters. The highest BCUT2D eigenvalue weighted by molar-refractivity contribution is 5.81. The lowest BCUT2D eigenvalue weighted by Gasteiger charge is -2.45. The summed E-state index contributed by atoms with van der Waals surface area (Å²) in [5.41, 5.74) is -6.99. The van der Waals surface area contributed by atoms with Crippen molar-refractivity contribution in [3.8, 4) is 0 Å². The average Bonchev–Trinajstić information content (AvgIpc) is 2.71. The van der Waals surface area contributed by atoms with E-state index < -0.39 is 85.1 Å². The van der Waals surface area contributed by atoms with Crippen molar-refractivity contribution in [3.05, 3.63) is 12.7 Å². The van der Waals surface area contributed by atoms with Gasteiger partial charge >= 0.3 is 59.5 Å². The fourth-order valence-electron chi connectivity index (χ4n) is 2.18. The molecule has 0 aliphatic heterocycles. The number of hydrogen-bond acceptors (Lipinski definition) is 2. The maximum absolute atomic E-state index is 13.7. The summed E-state index contributed by atoms with van der Waals surface area (Å²) in [6, 6.07) is 0. The number of alkyl halides is 20. The van der Waals surface area contributed by atoms with Crippen molar-refractivity contribution in [2.24, 2.45) is 0 Å². The van der Waals surface area contributed by atoms with E-state index in [4.69, 9.17) is 0 Å². The Morgan fingerprint density at radius 2 is 0.868 bits per heavy atom. The Hall–Kier alpha value is -2.19. The minimum atomic E-state index is -9.02. The Morgan fingerprint density at radius 3 is 1.16 bits per heavy atom. The van der Waals surface area contributed by atoms with Crippen molar-refractivity contribution < 1.29 is 97.3 Å². The monoisotopic (exact) mass is 614 g/mol. The van der Waals surface area contributed by atoms with Gasteiger partial charge in [-0.3, -0.25) is 0 Å². The van der Waals surface area contributed by atoms with E-state index in [1.54, 1.807) is 0 Å². The van der Waals surface area contributed by atoms with Gasteiger partial charge in [-0.15, -0.1) is 0 Å². The largest absolute Gasteiger partial charge is 0.462 e. The van der Waals surface area contributed by atoms with Crippen LogP contribution in [0.3, 0.4) is 0 Å². The Morgan fingerprint density at radius 1 is 0.579 bits per heavy atom. The second kappa shape index (κ2) is 9.47. The minimum Gasteiger partial charge on any atom is -0.462 e. The molecule has 0 saturated carbocycles. The molecular formula is C16H10F20O2. The number of esters is 1. The molecule has 226 valence electrons. The molecule has 0 aromatic rings. The minimum absolute atomic E-state index is 0.138. The second-order valence-corrected chi connectivity index (χ2v) is 7.35. The molecule has 0 spiro atoms. The van der Waals surface area contributed by atoms with Crippen LogP contribution in [0, 0.1) is 0 Å². The maximum atomic E-state index is 13.7. The van der Waals surface area contributed by atoms with E-state index >= 15 is 0 Å². The van der Waals surface area contributed by atoms with Crippen LogP contribution in [0.4, 0.5) is 87.8 Å². The zero-order valence-corrected chi connectivity index (χ0v) is 17.6. The van der Waals surface area contributed by atoms with Gasteiger partial charge in [0.25, 0.3) is 5.67 Å². The molecule has 22 heteroatoms. The maximum Gasteiger partial charge on any atom is 0.428 e. The molecular weight excluding hydrogens is 604 g/mol. The molecule has 0 radical (unpaired) electrons. The number of carbonyl (C=O) groups excluding carboxylic acids is 1. The predicted octanol–water partition coefficient (Wildman–Crippen LogP) is 7.48. The molecule has 0 N–H and O–H groups in total. The van der Waals surface area contributed by atoms with Crippen LogP contribution in [0.5, 0.6) is 0 Å². The third-order valence-electron chi connectivity index (χ3n) is 4.77. The standard InChI is InChI=1S/C16H10F20O2/c1-3-6(37)38-5-4-8(18,19)10(22,23)12(26,27)14(30,31)15(32,33)13(28,29)11(24,25)9(20,21)7(2,17)16(34,35)36/h3H,1,4-5H2,2H3. The first-order valence-corrected chi connectivity index (χ1v) is 8.78. The van der Waals surface area contributed by atoms with Crippen LogP contribution in [0.1, 0.15) is 13.3 Å². The molecule has 0 rings (SSSR count). The van der Waals surface area contributed by atoms with Crippen LogP contribution in [0.2, 0.25) is 0 Å². The predicted molar refractivity (Wildman–Crippen MR) is 80.9 cm³/mol. The summed E-state index contributed by atoms with van der Waals surface area (Å²) in [7, 11) is 0. The summed E-state index contributed by atoms with van der Waals surface area (Å²) < 4.78 is 271. The Labute approximate surface area is 196 Å². The van der Waals surface area contributed by atoms with Crippen LogP contribution < -0.4 is 0 Å². The van der Waals surface area contributed by atoms with E-state index in [0.717, 1.165) is 0 Å². The lowest BCUT2D eigenvalue weighted by molar-refractivity contribution is -0.464. The number of hydrogen-bond donors (Lipinski definition) is 0. The fraction of sp³-hybridized carbons (Fsp3) is 0.812. The second-order valence-electron chi connectivity index (χ2n) is 7.35. The molecule has 0 bridgehead atoms. The van der Waals surface area contributed by atoms with Crippen molar-refractivity contribution in [3.63, 3.8) is 0 Å². The van der Waals surface area contributed by atoms with E-state index in [-0.39, 0.29) is 6.08 Å². The van der Waals surface area contributed by atoms with E-state index in [0.29, 0.717) is 0 Å². The van der Waals surface area contributed by atoms with Gasteiger partial charge < -0.3 is 4.74 Å². The van der Waals surface area contributed by atoms with Gasteiger partial charge in [0, 0.05) is 6.08 Å². The van der Waals surface area contributed by atoms with Crippen LogP contribution >= 0.6 is 0 Å². The lowest BCUT2D eigenvalue weighted by atomic mass is 9.83. The van der Waals surface area contributed by atoms with E-state index in [9.17, 15) is 92.6 Å². The Balaban J connectivity index is 6.83. The SMILES string of the molecule is C=CC(=O)OCCC(F)(F)C(F)(F)C(F)(F)C(F)(F)C(F)(F)C(F)(F)C(F)(F)C(F)(F)C(C)(F)C(F)(F)F. The van der Waals surface area contributed by atoms with Crippen molar-refractivity contribution in [1.82, 2.24) is 0 Å². The molecule has 38 heavy (non-hydrogen) atoms. The molecule has 0 heterocycles. The van der Waals surface area contributed by atoms with Gasteiger partial charge in [0.2, 0.25) is 0 Å². The molecule has 0 saturated heterocycles. The normalized spacial score (nSPS) is 17.2. The topological polar surface area (TPSA) is 26.3 Å². The van der Waals surface area contributed by atoms with Crippen molar-refractivity contribution in [1.29, 1.82) is 0 Å². The zero-order chi connectivity index (χ0) is 31.4. The van der Waals surface area contributed by atoms with Crippen LogP contribution in [-0.4, -0.2) is 71.8 Å². The summed E-state index contributed by atoms with van der Waals surface area (Å²) in [5, 5.41) is 0. The van der Waals surface area contributed by atoms with Gasteiger partial charge in [-0.1, -0.05) is 6.58 Å².